The van der Waals surface area contributed by atoms with Crippen LogP contribution in [0.2, 0.25) is 0 Å². The summed E-state index contributed by atoms with van der Waals surface area (Å²) in [5.74, 6) is 0. The van der Waals surface area contributed by atoms with E-state index >= 15 is 0 Å². The van der Waals surface area contributed by atoms with Gasteiger partial charge in [-0.1, -0.05) is 62.4 Å². The summed E-state index contributed by atoms with van der Waals surface area (Å²) in [4.78, 5) is 0. The van der Waals surface area contributed by atoms with Crippen LogP contribution in [0.1, 0.15) is 32.3 Å². The van der Waals surface area contributed by atoms with Crippen LogP contribution in [-0.2, 0) is 0 Å². The summed E-state index contributed by atoms with van der Waals surface area (Å²) in [6.45, 7) is 4.29. The van der Waals surface area contributed by atoms with Crippen LogP contribution >= 0.6 is 0 Å². The molecule has 0 aromatic heterocycles. The Bertz CT molecular complexity index is 424. The molecule has 0 fully saturated rings. The molecule has 1 aromatic rings. The molecule has 0 amide bonds. The molecule has 0 spiro atoms. The van der Waals surface area contributed by atoms with Crippen molar-refractivity contribution in [2.45, 2.75) is 32.8 Å². The van der Waals surface area contributed by atoms with Gasteiger partial charge in [-0.05, 0) is 24.0 Å². The monoisotopic (exact) mass is 228 g/mol. The van der Waals surface area contributed by atoms with Crippen molar-refractivity contribution < 1.29 is 5.11 Å². The van der Waals surface area contributed by atoms with E-state index in [0.717, 1.165) is 24.0 Å². The molecule has 17 heavy (non-hydrogen) atoms. The maximum Gasteiger partial charge on any atom is 0.0886 e. The second kappa shape index (κ2) is 4.89. The standard InChI is InChI=1S/C16H20O/c1-3-16(4-2)12-8-11-14(15(16)17)13-9-6-5-7-10-13/h5-12,15,17H,3-4H2,1-2H3. The smallest absolute Gasteiger partial charge is 0.0886 e. The Morgan fingerprint density at radius 3 is 2.35 bits per heavy atom. The SMILES string of the molecule is CCC1(CC)C=CC=C(c2ccccc2)C1O. The first kappa shape index (κ1) is 12.1. The number of hydrogen-bond acceptors (Lipinski definition) is 1. The maximum absolute atomic E-state index is 10.6. The van der Waals surface area contributed by atoms with E-state index < -0.39 is 6.10 Å². The molecule has 1 aliphatic carbocycles. The zero-order valence-electron chi connectivity index (χ0n) is 10.6. The maximum atomic E-state index is 10.6. The highest BCUT2D eigenvalue weighted by atomic mass is 16.3. The van der Waals surface area contributed by atoms with Crippen LogP contribution in [0.25, 0.3) is 5.57 Å². The molecular weight excluding hydrogens is 208 g/mol. The number of aliphatic hydroxyl groups is 1. The molecule has 1 aliphatic rings. The lowest BCUT2D eigenvalue weighted by Gasteiger charge is -2.37. The van der Waals surface area contributed by atoms with Gasteiger partial charge in [-0.3, -0.25) is 0 Å². The van der Waals surface area contributed by atoms with Gasteiger partial charge in [0.2, 0.25) is 0 Å². The summed E-state index contributed by atoms with van der Waals surface area (Å²) in [5.41, 5.74) is 2.06. The minimum absolute atomic E-state index is 0.0973. The predicted molar refractivity (Wildman–Crippen MR) is 72.6 cm³/mol. The van der Waals surface area contributed by atoms with Crippen LogP contribution in [0.4, 0.5) is 0 Å². The summed E-state index contributed by atoms with van der Waals surface area (Å²) in [7, 11) is 0. The lowest BCUT2D eigenvalue weighted by Crippen LogP contribution is -2.34. The highest BCUT2D eigenvalue weighted by Crippen LogP contribution is 2.41. The Labute approximate surface area is 103 Å². The van der Waals surface area contributed by atoms with E-state index in [1.807, 2.05) is 24.3 Å². The third-order valence-electron chi connectivity index (χ3n) is 3.97. The fraction of sp³-hybridized carbons (Fsp3) is 0.375. The molecule has 0 bridgehead atoms. The quantitative estimate of drug-likeness (QED) is 0.834. The normalized spacial score (nSPS) is 22.3. The van der Waals surface area contributed by atoms with E-state index in [2.05, 4.69) is 38.1 Å². The first-order chi connectivity index (χ1) is 8.23. The van der Waals surface area contributed by atoms with Crippen molar-refractivity contribution in [1.82, 2.24) is 0 Å². The van der Waals surface area contributed by atoms with Crippen molar-refractivity contribution >= 4 is 5.57 Å². The van der Waals surface area contributed by atoms with Crippen LogP contribution in [0.15, 0.2) is 48.6 Å². The predicted octanol–water partition coefficient (Wildman–Crippen LogP) is 3.81. The van der Waals surface area contributed by atoms with Gasteiger partial charge in [-0.25, -0.2) is 0 Å². The fourth-order valence-corrected chi connectivity index (χ4v) is 2.59. The van der Waals surface area contributed by atoms with Gasteiger partial charge in [-0.15, -0.1) is 0 Å². The first-order valence-corrected chi connectivity index (χ1v) is 6.36. The Hall–Kier alpha value is -1.34. The Kier molecular flexibility index (Phi) is 3.49. The number of hydrogen-bond donors (Lipinski definition) is 1. The zero-order valence-corrected chi connectivity index (χ0v) is 10.6. The van der Waals surface area contributed by atoms with E-state index in [1.165, 1.54) is 0 Å². The molecule has 1 N–H and O–H groups in total. The summed E-state index contributed by atoms with van der Waals surface area (Å²) < 4.78 is 0. The average Bonchev–Trinajstić information content (AvgIpc) is 2.40. The summed E-state index contributed by atoms with van der Waals surface area (Å²) in [6.07, 6.45) is 7.80. The molecule has 1 aromatic carbocycles. The van der Waals surface area contributed by atoms with E-state index in [1.54, 1.807) is 0 Å². The summed E-state index contributed by atoms with van der Waals surface area (Å²) >= 11 is 0. The van der Waals surface area contributed by atoms with Crippen molar-refractivity contribution in [1.29, 1.82) is 0 Å². The molecule has 1 unspecified atom stereocenters. The highest BCUT2D eigenvalue weighted by Gasteiger charge is 2.36. The van der Waals surface area contributed by atoms with Gasteiger partial charge in [0.1, 0.15) is 0 Å². The van der Waals surface area contributed by atoms with Crippen molar-refractivity contribution in [3.8, 4) is 0 Å². The summed E-state index contributed by atoms with van der Waals surface area (Å²) in [5, 5.41) is 10.6. The Morgan fingerprint density at radius 1 is 1.12 bits per heavy atom. The van der Waals surface area contributed by atoms with Crippen molar-refractivity contribution in [2.24, 2.45) is 5.41 Å². The molecule has 0 saturated heterocycles. The Balaban J connectivity index is 2.38. The van der Waals surface area contributed by atoms with Gasteiger partial charge in [0, 0.05) is 5.41 Å². The lowest BCUT2D eigenvalue weighted by atomic mass is 9.70. The molecular formula is C16H20O. The number of benzene rings is 1. The molecule has 1 heteroatoms. The molecule has 2 rings (SSSR count). The highest BCUT2D eigenvalue weighted by molar-refractivity contribution is 5.72. The second-order valence-electron chi connectivity index (χ2n) is 4.69. The van der Waals surface area contributed by atoms with E-state index in [9.17, 15) is 5.11 Å². The second-order valence-corrected chi connectivity index (χ2v) is 4.69. The molecule has 0 heterocycles. The number of aliphatic hydroxyl groups excluding tert-OH is 1. The van der Waals surface area contributed by atoms with Gasteiger partial charge >= 0.3 is 0 Å². The molecule has 1 nitrogen and oxygen atoms in total. The minimum atomic E-state index is -0.398. The van der Waals surface area contributed by atoms with Crippen molar-refractivity contribution in [3.05, 3.63) is 54.1 Å². The van der Waals surface area contributed by atoms with Gasteiger partial charge in [0.15, 0.2) is 0 Å². The topological polar surface area (TPSA) is 20.2 Å². The third-order valence-corrected chi connectivity index (χ3v) is 3.97. The molecule has 1 atom stereocenters. The lowest BCUT2D eigenvalue weighted by molar-refractivity contribution is 0.0989. The Morgan fingerprint density at radius 2 is 1.76 bits per heavy atom. The van der Waals surface area contributed by atoms with Gasteiger partial charge in [0.25, 0.3) is 0 Å². The molecule has 0 radical (unpaired) electrons. The van der Waals surface area contributed by atoms with E-state index in [4.69, 9.17) is 0 Å². The van der Waals surface area contributed by atoms with Crippen molar-refractivity contribution in [3.63, 3.8) is 0 Å². The average molecular weight is 228 g/mol. The first-order valence-electron chi connectivity index (χ1n) is 6.36. The van der Waals surface area contributed by atoms with Crippen LogP contribution in [0, 0.1) is 5.41 Å². The van der Waals surface area contributed by atoms with E-state index in [0.29, 0.717) is 0 Å². The zero-order chi connectivity index (χ0) is 12.3. The van der Waals surface area contributed by atoms with Gasteiger partial charge < -0.3 is 5.11 Å². The van der Waals surface area contributed by atoms with Crippen LogP contribution < -0.4 is 0 Å². The van der Waals surface area contributed by atoms with Gasteiger partial charge in [-0.2, -0.15) is 0 Å². The van der Waals surface area contributed by atoms with E-state index in [-0.39, 0.29) is 5.41 Å². The van der Waals surface area contributed by atoms with Crippen LogP contribution in [0.5, 0.6) is 0 Å². The van der Waals surface area contributed by atoms with Gasteiger partial charge in [0.05, 0.1) is 6.10 Å². The molecule has 90 valence electrons. The number of allylic oxidation sites excluding steroid dienone is 2. The number of rotatable bonds is 3. The van der Waals surface area contributed by atoms with Crippen LogP contribution in [-0.4, -0.2) is 11.2 Å². The minimum Gasteiger partial charge on any atom is -0.387 e. The summed E-state index contributed by atoms with van der Waals surface area (Å²) in [6, 6.07) is 10.2. The van der Waals surface area contributed by atoms with Crippen LogP contribution in [0.3, 0.4) is 0 Å². The van der Waals surface area contributed by atoms with Crippen molar-refractivity contribution in [2.75, 3.05) is 0 Å². The largest absolute Gasteiger partial charge is 0.387 e. The fourth-order valence-electron chi connectivity index (χ4n) is 2.59. The third kappa shape index (κ3) is 2.07. The molecule has 0 aliphatic heterocycles. The molecule has 0 saturated carbocycles.